The zero-order valence-electron chi connectivity index (χ0n) is 10.1. The molecule has 0 bridgehead atoms. The SMILES string of the molecule is CC(=O)Nc1cccc(NC(=O)c2n[nH]nc2N)c1. The van der Waals surface area contributed by atoms with Gasteiger partial charge >= 0.3 is 0 Å². The van der Waals surface area contributed by atoms with Crippen LogP contribution in [0, 0.1) is 0 Å². The van der Waals surface area contributed by atoms with Crippen LogP contribution in [-0.4, -0.2) is 27.2 Å². The van der Waals surface area contributed by atoms with Gasteiger partial charge in [0.1, 0.15) is 0 Å². The second-order valence-corrected chi connectivity index (χ2v) is 3.77. The van der Waals surface area contributed by atoms with Crippen LogP contribution in [-0.2, 0) is 4.79 Å². The van der Waals surface area contributed by atoms with E-state index in [1.807, 2.05) is 0 Å². The molecule has 19 heavy (non-hydrogen) atoms. The summed E-state index contributed by atoms with van der Waals surface area (Å²) in [7, 11) is 0. The van der Waals surface area contributed by atoms with E-state index in [1.54, 1.807) is 24.3 Å². The van der Waals surface area contributed by atoms with Crippen molar-refractivity contribution < 1.29 is 9.59 Å². The second-order valence-electron chi connectivity index (χ2n) is 3.77. The van der Waals surface area contributed by atoms with Gasteiger partial charge in [-0.25, -0.2) is 0 Å². The first-order valence-corrected chi connectivity index (χ1v) is 5.41. The van der Waals surface area contributed by atoms with Crippen molar-refractivity contribution in [3.63, 3.8) is 0 Å². The summed E-state index contributed by atoms with van der Waals surface area (Å²) in [6.07, 6.45) is 0. The number of anilines is 3. The number of nitrogen functional groups attached to an aromatic ring is 1. The lowest BCUT2D eigenvalue weighted by molar-refractivity contribution is -0.114. The topological polar surface area (TPSA) is 126 Å². The molecule has 2 aromatic rings. The fourth-order valence-corrected chi connectivity index (χ4v) is 1.47. The van der Waals surface area contributed by atoms with E-state index in [-0.39, 0.29) is 17.4 Å². The lowest BCUT2D eigenvalue weighted by atomic mass is 10.2. The van der Waals surface area contributed by atoms with E-state index in [2.05, 4.69) is 26.0 Å². The highest BCUT2D eigenvalue weighted by Gasteiger charge is 2.14. The molecule has 0 aliphatic heterocycles. The average molecular weight is 260 g/mol. The van der Waals surface area contributed by atoms with Crippen LogP contribution in [0.25, 0.3) is 0 Å². The summed E-state index contributed by atoms with van der Waals surface area (Å²) in [6, 6.07) is 6.71. The van der Waals surface area contributed by atoms with Gasteiger partial charge in [0.25, 0.3) is 5.91 Å². The minimum atomic E-state index is -0.480. The zero-order chi connectivity index (χ0) is 13.8. The van der Waals surface area contributed by atoms with Gasteiger partial charge in [0.2, 0.25) is 5.91 Å². The minimum absolute atomic E-state index is 0.0185. The molecule has 0 spiro atoms. The maximum Gasteiger partial charge on any atom is 0.280 e. The van der Waals surface area contributed by atoms with Crippen LogP contribution in [0.15, 0.2) is 24.3 Å². The summed E-state index contributed by atoms with van der Waals surface area (Å²) < 4.78 is 0. The van der Waals surface area contributed by atoms with E-state index in [0.717, 1.165) is 0 Å². The maximum absolute atomic E-state index is 11.8. The number of hydrogen-bond donors (Lipinski definition) is 4. The van der Waals surface area contributed by atoms with Gasteiger partial charge in [0.05, 0.1) is 0 Å². The van der Waals surface area contributed by atoms with Crippen molar-refractivity contribution in [1.29, 1.82) is 0 Å². The molecular weight excluding hydrogens is 248 g/mol. The van der Waals surface area contributed by atoms with Gasteiger partial charge in [-0.15, -0.1) is 10.2 Å². The molecule has 0 atom stereocenters. The first-order valence-electron chi connectivity index (χ1n) is 5.41. The number of nitrogens with one attached hydrogen (secondary N) is 3. The van der Waals surface area contributed by atoms with Crippen LogP contribution in [0.3, 0.4) is 0 Å². The number of nitrogens with zero attached hydrogens (tertiary/aromatic N) is 2. The van der Waals surface area contributed by atoms with Crippen LogP contribution < -0.4 is 16.4 Å². The monoisotopic (exact) mass is 260 g/mol. The van der Waals surface area contributed by atoms with E-state index in [1.165, 1.54) is 6.92 Å². The molecule has 0 aliphatic rings. The van der Waals surface area contributed by atoms with Gasteiger partial charge in [-0.3, -0.25) is 9.59 Å². The van der Waals surface area contributed by atoms with Crippen LogP contribution in [0.4, 0.5) is 17.2 Å². The quantitative estimate of drug-likeness (QED) is 0.642. The number of rotatable bonds is 3. The van der Waals surface area contributed by atoms with Crippen molar-refractivity contribution in [1.82, 2.24) is 15.4 Å². The molecule has 0 fully saturated rings. The Morgan fingerprint density at radius 3 is 2.47 bits per heavy atom. The number of carbonyl (C=O) groups is 2. The number of aromatic nitrogens is 3. The molecule has 1 aromatic carbocycles. The second kappa shape index (κ2) is 5.17. The van der Waals surface area contributed by atoms with Crippen LogP contribution in [0.2, 0.25) is 0 Å². The standard InChI is InChI=1S/C11H12N6O2/c1-6(18)13-7-3-2-4-8(5-7)14-11(19)9-10(12)16-17-15-9/h2-5H,1H3,(H,13,18)(H,14,19)(H3,12,15,16,17). The molecule has 1 aromatic heterocycles. The molecule has 8 heteroatoms. The first kappa shape index (κ1) is 12.6. The van der Waals surface area contributed by atoms with Crippen molar-refractivity contribution in [2.24, 2.45) is 0 Å². The lowest BCUT2D eigenvalue weighted by Gasteiger charge is -2.06. The highest BCUT2D eigenvalue weighted by atomic mass is 16.2. The molecule has 0 aliphatic carbocycles. The molecule has 8 nitrogen and oxygen atoms in total. The predicted molar refractivity (Wildman–Crippen MR) is 69.5 cm³/mol. The molecule has 2 rings (SSSR count). The van der Waals surface area contributed by atoms with E-state index in [0.29, 0.717) is 11.4 Å². The Bertz CT molecular complexity index is 621. The Balaban J connectivity index is 2.13. The van der Waals surface area contributed by atoms with E-state index < -0.39 is 5.91 Å². The smallest absolute Gasteiger partial charge is 0.280 e. The number of carbonyl (C=O) groups excluding carboxylic acids is 2. The fourth-order valence-electron chi connectivity index (χ4n) is 1.47. The molecular formula is C11H12N6O2. The summed E-state index contributed by atoms with van der Waals surface area (Å²) in [5.74, 6) is -0.647. The molecule has 5 N–H and O–H groups in total. The molecule has 0 saturated heterocycles. The van der Waals surface area contributed by atoms with E-state index in [9.17, 15) is 9.59 Å². The van der Waals surface area contributed by atoms with Gasteiger partial charge < -0.3 is 16.4 Å². The third-order valence-electron chi connectivity index (χ3n) is 2.23. The Labute approximate surface area is 108 Å². The average Bonchev–Trinajstić information content (AvgIpc) is 2.75. The van der Waals surface area contributed by atoms with Crippen molar-refractivity contribution in [2.75, 3.05) is 16.4 Å². The Kier molecular flexibility index (Phi) is 3.42. The van der Waals surface area contributed by atoms with E-state index in [4.69, 9.17) is 5.73 Å². The Morgan fingerprint density at radius 2 is 1.89 bits per heavy atom. The van der Waals surface area contributed by atoms with Crippen LogP contribution in [0.1, 0.15) is 17.4 Å². The van der Waals surface area contributed by atoms with Gasteiger partial charge in [0, 0.05) is 18.3 Å². The number of amides is 2. The van der Waals surface area contributed by atoms with Crippen molar-refractivity contribution in [3.05, 3.63) is 30.0 Å². The number of H-pyrrole nitrogens is 1. The lowest BCUT2D eigenvalue weighted by Crippen LogP contribution is -2.14. The molecule has 1 heterocycles. The summed E-state index contributed by atoms with van der Waals surface area (Å²) in [6.45, 7) is 1.40. The zero-order valence-corrected chi connectivity index (χ0v) is 10.1. The fraction of sp³-hybridized carbons (Fsp3) is 0.0909. The van der Waals surface area contributed by atoms with Gasteiger partial charge in [-0.2, -0.15) is 5.21 Å². The van der Waals surface area contributed by atoms with Crippen LogP contribution in [0.5, 0.6) is 0 Å². The van der Waals surface area contributed by atoms with Crippen molar-refractivity contribution in [2.45, 2.75) is 6.92 Å². The van der Waals surface area contributed by atoms with E-state index >= 15 is 0 Å². The summed E-state index contributed by atoms with van der Waals surface area (Å²) in [4.78, 5) is 22.8. The minimum Gasteiger partial charge on any atom is -0.380 e. The highest BCUT2D eigenvalue weighted by Crippen LogP contribution is 2.16. The summed E-state index contributed by atoms with van der Waals surface area (Å²) in [5.41, 5.74) is 6.58. The summed E-state index contributed by atoms with van der Waals surface area (Å²) >= 11 is 0. The summed E-state index contributed by atoms with van der Waals surface area (Å²) in [5, 5.41) is 14.7. The van der Waals surface area contributed by atoms with Gasteiger partial charge in [-0.05, 0) is 18.2 Å². The molecule has 0 unspecified atom stereocenters. The van der Waals surface area contributed by atoms with Gasteiger partial charge in [0.15, 0.2) is 11.5 Å². The van der Waals surface area contributed by atoms with Crippen LogP contribution >= 0.6 is 0 Å². The Hall–Kier alpha value is -2.90. The van der Waals surface area contributed by atoms with Gasteiger partial charge in [-0.1, -0.05) is 6.07 Å². The Morgan fingerprint density at radius 1 is 1.21 bits per heavy atom. The number of hydrogen-bond acceptors (Lipinski definition) is 5. The molecule has 98 valence electrons. The normalized spacial score (nSPS) is 9.95. The number of aromatic amines is 1. The third kappa shape index (κ3) is 3.06. The third-order valence-corrected chi connectivity index (χ3v) is 2.23. The van der Waals surface area contributed by atoms with Crippen molar-refractivity contribution >= 4 is 29.0 Å². The predicted octanol–water partition coefficient (Wildman–Crippen LogP) is 0.598. The largest absolute Gasteiger partial charge is 0.380 e. The first-order chi connectivity index (χ1) is 9.06. The number of nitrogens with two attached hydrogens (primary N) is 1. The molecule has 0 radical (unpaired) electrons. The van der Waals surface area contributed by atoms with Crippen molar-refractivity contribution in [3.8, 4) is 0 Å². The molecule has 0 saturated carbocycles. The molecule has 2 amide bonds. The number of benzene rings is 1. The maximum atomic E-state index is 11.8. The highest BCUT2D eigenvalue weighted by molar-refractivity contribution is 6.05.